The lowest BCUT2D eigenvalue weighted by Gasteiger charge is -2.32. The van der Waals surface area contributed by atoms with E-state index >= 15 is 0 Å². The quantitative estimate of drug-likeness (QED) is 0.457. The van der Waals surface area contributed by atoms with Crippen molar-refractivity contribution in [2.75, 3.05) is 7.05 Å². The van der Waals surface area contributed by atoms with E-state index < -0.39 is 0 Å². The molecule has 0 saturated heterocycles. The summed E-state index contributed by atoms with van der Waals surface area (Å²) in [6.45, 7) is 19.0. The monoisotopic (exact) mass is 221 g/mol. The van der Waals surface area contributed by atoms with Crippen molar-refractivity contribution < 1.29 is 0 Å². The number of allylic oxidation sites excluding steroid dienone is 2. The van der Waals surface area contributed by atoms with E-state index in [1.807, 2.05) is 14.0 Å². The van der Waals surface area contributed by atoms with Gasteiger partial charge in [0.1, 0.15) is 0 Å². The molecule has 0 rings (SSSR count). The zero-order chi connectivity index (χ0) is 12.9. The van der Waals surface area contributed by atoms with E-state index in [2.05, 4.69) is 45.8 Å². The van der Waals surface area contributed by atoms with Crippen molar-refractivity contribution >= 4 is 5.71 Å². The third-order valence-electron chi connectivity index (χ3n) is 3.83. The van der Waals surface area contributed by atoms with Gasteiger partial charge < -0.3 is 0 Å². The zero-order valence-corrected chi connectivity index (χ0v) is 11.9. The first-order chi connectivity index (χ1) is 7.22. The van der Waals surface area contributed by atoms with Gasteiger partial charge in [0, 0.05) is 12.8 Å². The molecular weight excluding hydrogens is 194 g/mol. The molecule has 0 aliphatic heterocycles. The second kappa shape index (κ2) is 6.03. The van der Waals surface area contributed by atoms with Crippen molar-refractivity contribution in [1.82, 2.24) is 0 Å². The standard InChI is InChI=1S/C15H27N/c1-11(2)12(3)9-10-15(6,7)13(4)14(5)16-8/h13H,1,3,9-10H2,2,4-8H3/b16-14-/t13-/m1/s1. The Bertz CT molecular complexity index is 295. The summed E-state index contributed by atoms with van der Waals surface area (Å²) in [6, 6.07) is 0. The Kier molecular flexibility index (Phi) is 5.71. The van der Waals surface area contributed by atoms with Crippen LogP contribution in [-0.4, -0.2) is 12.8 Å². The highest BCUT2D eigenvalue weighted by atomic mass is 14.7. The number of hydrogen-bond acceptors (Lipinski definition) is 1. The number of hydrogen-bond donors (Lipinski definition) is 0. The average Bonchev–Trinajstić information content (AvgIpc) is 2.23. The van der Waals surface area contributed by atoms with Crippen LogP contribution in [0.2, 0.25) is 0 Å². The van der Waals surface area contributed by atoms with Crippen LogP contribution in [0.4, 0.5) is 0 Å². The van der Waals surface area contributed by atoms with Gasteiger partial charge in [-0.2, -0.15) is 0 Å². The Morgan fingerprint density at radius 2 is 1.75 bits per heavy atom. The second-order valence-electron chi connectivity index (χ2n) is 5.46. The van der Waals surface area contributed by atoms with Gasteiger partial charge in [-0.15, -0.1) is 0 Å². The first-order valence-electron chi connectivity index (χ1n) is 5.99. The molecule has 0 radical (unpaired) electrons. The van der Waals surface area contributed by atoms with Crippen LogP contribution in [0, 0.1) is 11.3 Å². The molecule has 0 bridgehead atoms. The van der Waals surface area contributed by atoms with Crippen LogP contribution < -0.4 is 0 Å². The largest absolute Gasteiger partial charge is 0.297 e. The molecule has 0 unspecified atom stereocenters. The molecule has 0 aromatic rings. The molecule has 1 atom stereocenters. The van der Waals surface area contributed by atoms with E-state index in [1.54, 1.807) is 0 Å². The Balaban J connectivity index is 4.46. The van der Waals surface area contributed by atoms with Crippen molar-refractivity contribution in [3.63, 3.8) is 0 Å². The van der Waals surface area contributed by atoms with Gasteiger partial charge in [-0.1, -0.05) is 45.1 Å². The number of rotatable bonds is 6. The predicted molar refractivity (Wildman–Crippen MR) is 75.2 cm³/mol. The maximum atomic E-state index is 4.29. The van der Waals surface area contributed by atoms with Gasteiger partial charge in [-0.3, -0.25) is 4.99 Å². The summed E-state index contributed by atoms with van der Waals surface area (Å²) >= 11 is 0. The SMILES string of the molecule is C=C(C)C(=C)CCC(C)(C)[C@H](C)/C(C)=N\C. The molecule has 0 aliphatic carbocycles. The highest BCUT2D eigenvalue weighted by molar-refractivity contribution is 5.84. The lowest BCUT2D eigenvalue weighted by Crippen LogP contribution is -2.27. The molecule has 1 heteroatoms. The molecule has 0 saturated carbocycles. The average molecular weight is 221 g/mol. The third-order valence-corrected chi connectivity index (χ3v) is 3.83. The van der Waals surface area contributed by atoms with Crippen LogP contribution >= 0.6 is 0 Å². The minimum atomic E-state index is 0.266. The fourth-order valence-electron chi connectivity index (χ4n) is 1.66. The molecule has 92 valence electrons. The van der Waals surface area contributed by atoms with E-state index in [4.69, 9.17) is 0 Å². The van der Waals surface area contributed by atoms with Crippen LogP contribution in [0.5, 0.6) is 0 Å². The van der Waals surface area contributed by atoms with Gasteiger partial charge in [0.2, 0.25) is 0 Å². The van der Waals surface area contributed by atoms with Crippen molar-refractivity contribution in [3.8, 4) is 0 Å². The molecule has 0 aliphatic rings. The van der Waals surface area contributed by atoms with Crippen LogP contribution in [0.15, 0.2) is 29.3 Å². The van der Waals surface area contributed by atoms with E-state index in [9.17, 15) is 0 Å². The maximum absolute atomic E-state index is 4.29. The van der Waals surface area contributed by atoms with Gasteiger partial charge in [0.05, 0.1) is 0 Å². The lowest BCUT2D eigenvalue weighted by molar-refractivity contribution is 0.270. The van der Waals surface area contributed by atoms with Gasteiger partial charge in [-0.25, -0.2) is 0 Å². The first-order valence-corrected chi connectivity index (χ1v) is 5.99. The molecule has 0 N–H and O–H groups in total. The minimum absolute atomic E-state index is 0.266. The molecule has 0 aromatic heterocycles. The normalized spacial score (nSPS) is 14.8. The summed E-state index contributed by atoms with van der Waals surface area (Å²) in [5.74, 6) is 0.510. The summed E-state index contributed by atoms with van der Waals surface area (Å²) in [7, 11) is 1.87. The fourth-order valence-corrected chi connectivity index (χ4v) is 1.66. The summed E-state index contributed by atoms with van der Waals surface area (Å²) in [5, 5.41) is 0. The zero-order valence-electron chi connectivity index (χ0n) is 11.9. The molecule has 0 aromatic carbocycles. The van der Waals surface area contributed by atoms with Crippen LogP contribution in [0.1, 0.15) is 47.5 Å². The summed E-state index contributed by atoms with van der Waals surface area (Å²) in [6.07, 6.45) is 2.16. The van der Waals surface area contributed by atoms with Crippen LogP contribution in [0.3, 0.4) is 0 Å². The minimum Gasteiger partial charge on any atom is -0.297 e. The van der Waals surface area contributed by atoms with Crippen molar-refractivity contribution in [3.05, 3.63) is 24.3 Å². The summed E-state index contributed by atoms with van der Waals surface area (Å²) in [4.78, 5) is 4.29. The lowest BCUT2D eigenvalue weighted by atomic mass is 9.73. The van der Waals surface area contributed by atoms with Crippen molar-refractivity contribution in [2.45, 2.75) is 47.5 Å². The van der Waals surface area contributed by atoms with E-state index in [0.29, 0.717) is 5.92 Å². The topological polar surface area (TPSA) is 12.4 Å². The number of nitrogens with zero attached hydrogens (tertiary/aromatic N) is 1. The first kappa shape index (κ1) is 15.2. The van der Waals surface area contributed by atoms with Gasteiger partial charge in [0.15, 0.2) is 0 Å². The van der Waals surface area contributed by atoms with Crippen LogP contribution in [0.25, 0.3) is 0 Å². The molecular formula is C15H27N. The van der Waals surface area contributed by atoms with E-state index in [1.165, 1.54) is 11.3 Å². The second-order valence-corrected chi connectivity index (χ2v) is 5.46. The highest BCUT2D eigenvalue weighted by Gasteiger charge is 2.27. The Morgan fingerprint density at radius 1 is 1.25 bits per heavy atom. The van der Waals surface area contributed by atoms with Crippen molar-refractivity contribution in [2.24, 2.45) is 16.3 Å². The van der Waals surface area contributed by atoms with Gasteiger partial charge in [0.25, 0.3) is 0 Å². The highest BCUT2D eigenvalue weighted by Crippen LogP contribution is 2.34. The molecule has 0 fully saturated rings. The van der Waals surface area contributed by atoms with Gasteiger partial charge >= 0.3 is 0 Å². The van der Waals surface area contributed by atoms with Crippen LogP contribution in [-0.2, 0) is 0 Å². The maximum Gasteiger partial charge on any atom is 0.0276 e. The van der Waals surface area contributed by atoms with Crippen molar-refractivity contribution in [1.29, 1.82) is 0 Å². The van der Waals surface area contributed by atoms with E-state index in [-0.39, 0.29) is 5.41 Å². The van der Waals surface area contributed by atoms with E-state index in [0.717, 1.165) is 18.4 Å². The Morgan fingerprint density at radius 3 is 2.12 bits per heavy atom. The third kappa shape index (κ3) is 4.34. The molecule has 1 nitrogen and oxygen atoms in total. The molecule has 0 heterocycles. The fraction of sp³-hybridized carbons (Fsp3) is 0.667. The predicted octanol–water partition coefficient (Wildman–Crippen LogP) is 4.65. The number of aliphatic imine (C=N–C) groups is 1. The smallest absolute Gasteiger partial charge is 0.0276 e. The molecule has 16 heavy (non-hydrogen) atoms. The molecule has 0 spiro atoms. The summed E-state index contributed by atoms with van der Waals surface area (Å²) in [5.41, 5.74) is 3.77. The Hall–Kier alpha value is -0.850. The summed E-state index contributed by atoms with van der Waals surface area (Å²) < 4.78 is 0. The van der Waals surface area contributed by atoms with Gasteiger partial charge in [-0.05, 0) is 38.0 Å². The Labute approximate surface area is 101 Å². The molecule has 0 amide bonds.